The van der Waals surface area contributed by atoms with Crippen LogP contribution in [0, 0.1) is 11.3 Å². The standard InChI is InChI=1S/C28H28N6O3/c1-28(2,3)37-27(35)30-15-14-19-10-13-23(31-18-19)22-12-11-21(17-29)32-26(22)36-25-16-24(33-34(25)4)20-8-6-5-7-9-20/h5-13,16,18H,14-15H2,1-4H3,(H,30,35). The largest absolute Gasteiger partial charge is 0.444 e. The van der Waals surface area contributed by atoms with Crippen molar-refractivity contribution in [3.05, 3.63) is 78.1 Å². The molecule has 3 aromatic heterocycles. The number of ether oxygens (including phenoxy) is 2. The Hall–Kier alpha value is -4.71. The highest BCUT2D eigenvalue weighted by Gasteiger charge is 2.17. The Bertz CT molecular complexity index is 1420. The molecule has 0 aliphatic rings. The van der Waals surface area contributed by atoms with Crippen molar-refractivity contribution in [1.29, 1.82) is 5.26 Å². The van der Waals surface area contributed by atoms with Crippen LogP contribution in [-0.2, 0) is 18.2 Å². The molecule has 37 heavy (non-hydrogen) atoms. The van der Waals surface area contributed by atoms with Crippen LogP contribution in [0.5, 0.6) is 11.8 Å². The van der Waals surface area contributed by atoms with Crippen LogP contribution in [0.1, 0.15) is 32.0 Å². The zero-order valence-electron chi connectivity index (χ0n) is 21.2. The number of pyridine rings is 2. The van der Waals surface area contributed by atoms with Gasteiger partial charge in [-0.1, -0.05) is 36.4 Å². The summed E-state index contributed by atoms with van der Waals surface area (Å²) in [4.78, 5) is 20.8. The second-order valence-electron chi connectivity index (χ2n) is 9.35. The molecule has 1 N–H and O–H groups in total. The minimum absolute atomic E-state index is 0.231. The Balaban J connectivity index is 1.51. The van der Waals surface area contributed by atoms with Crippen molar-refractivity contribution in [1.82, 2.24) is 25.1 Å². The van der Waals surface area contributed by atoms with E-state index in [-0.39, 0.29) is 11.6 Å². The van der Waals surface area contributed by atoms with E-state index in [4.69, 9.17) is 9.47 Å². The normalized spacial score (nSPS) is 11.0. The van der Waals surface area contributed by atoms with Gasteiger partial charge in [0.25, 0.3) is 0 Å². The number of carbonyl (C=O) groups is 1. The number of hydrogen-bond donors (Lipinski definition) is 1. The summed E-state index contributed by atoms with van der Waals surface area (Å²) in [5.74, 6) is 0.737. The van der Waals surface area contributed by atoms with Gasteiger partial charge in [0.1, 0.15) is 17.4 Å². The third kappa shape index (κ3) is 6.70. The second kappa shape index (κ2) is 10.9. The first-order valence-electron chi connectivity index (χ1n) is 11.8. The van der Waals surface area contributed by atoms with Crippen molar-refractivity contribution in [3.63, 3.8) is 0 Å². The molecule has 9 heteroatoms. The summed E-state index contributed by atoms with van der Waals surface area (Å²) in [6.07, 6.45) is 1.89. The first kappa shape index (κ1) is 25.4. The van der Waals surface area contributed by atoms with Crippen LogP contribution in [0.15, 0.2) is 66.9 Å². The van der Waals surface area contributed by atoms with Gasteiger partial charge in [-0.25, -0.2) is 14.5 Å². The maximum atomic E-state index is 11.8. The van der Waals surface area contributed by atoms with E-state index in [2.05, 4.69) is 26.5 Å². The fourth-order valence-electron chi connectivity index (χ4n) is 3.52. The van der Waals surface area contributed by atoms with Gasteiger partial charge < -0.3 is 14.8 Å². The number of nitriles is 1. The molecule has 0 saturated heterocycles. The second-order valence-corrected chi connectivity index (χ2v) is 9.35. The number of nitrogens with one attached hydrogen (secondary N) is 1. The van der Waals surface area contributed by atoms with Gasteiger partial charge in [-0.05, 0) is 51.0 Å². The van der Waals surface area contributed by atoms with Crippen molar-refractivity contribution < 1.29 is 14.3 Å². The summed E-state index contributed by atoms with van der Waals surface area (Å²) in [6, 6.07) is 20.9. The predicted molar refractivity (Wildman–Crippen MR) is 139 cm³/mol. The van der Waals surface area contributed by atoms with Crippen LogP contribution in [0.2, 0.25) is 0 Å². The lowest BCUT2D eigenvalue weighted by Gasteiger charge is -2.19. The fourth-order valence-corrected chi connectivity index (χ4v) is 3.52. The van der Waals surface area contributed by atoms with E-state index in [0.29, 0.717) is 30.1 Å². The number of aromatic nitrogens is 4. The van der Waals surface area contributed by atoms with E-state index in [1.54, 1.807) is 30.1 Å². The Kier molecular flexibility index (Phi) is 7.49. The molecular formula is C28H28N6O3. The Morgan fingerprint density at radius 2 is 1.86 bits per heavy atom. The summed E-state index contributed by atoms with van der Waals surface area (Å²) in [7, 11) is 1.79. The van der Waals surface area contributed by atoms with Gasteiger partial charge in [-0.2, -0.15) is 10.4 Å². The van der Waals surface area contributed by atoms with Crippen LogP contribution >= 0.6 is 0 Å². The molecule has 1 aromatic carbocycles. The molecule has 4 rings (SSSR count). The van der Waals surface area contributed by atoms with E-state index in [9.17, 15) is 10.1 Å². The monoisotopic (exact) mass is 496 g/mol. The molecule has 1 amide bonds. The van der Waals surface area contributed by atoms with E-state index >= 15 is 0 Å². The summed E-state index contributed by atoms with van der Waals surface area (Å²) in [6.45, 7) is 5.89. The van der Waals surface area contributed by atoms with Crippen molar-refractivity contribution in [2.45, 2.75) is 32.8 Å². The molecule has 0 saturated carbocycles. The smallest absolute Gasteiger partial charge is 0.407 e. The molecule has 0 spiro atoms. The highest BCUT2D eigenvalue weighted by atomic mass is 16.6. The molecule has 3 heterocycles. The summed E-state index contributed by atoms with van der Waals surface area (Å²) >= 11 is 0. The van der Waals surface area contributed by atoms with Gasteiger partial charge >= 0.3 is 6.09 Å². The van der Waals surface area contributed by atoms with Gasteiger partial charge in [0.15, 0.2) is 0 Å². The summed E-state index contributed by atoms with van der Waals surface area (Å²) in [5.41, 5.74) is 3.64. The molecule has 9 nitrogen and oxygen atoms in total. The van der Waals surface area contributed by atoms with Crippen molar-refractivity contribution >= 4 is 6.09 Å². The molecule has 4 aromatic rings. The van der Waals surface area contributed by atoms with Crippen LogP contribution in [0.3, 0.4) is 0 Å². The maximum absolute atomic E-state index is 11.8. The van der Waals surface area contributed by atoms with Gasteiger partial charge in [0.2, 0.25) is 11.8 Å². The fraction of sp³-hybridized carbons (Fsp3) is 0.250. The minimum Gasteiger partial charge on any atom is -0.444 e. The Labute approximate surface area is 215 Å². The van der Waals surface area contributed by atoms with E-state index in [1.807, 2.05) is 69.3 Å². The molecule has 0 fully saturated rings. The molecule has 0 aliphatic carbocycles. The molecule has 0 atom stereocenters. The molecule has 0 aliphatic heterocycles. The third-order valence-corrected chi connectivity index (χ3v) is 5.27. The number of benzene rings is 1. The highest BCUT2D eigenvalue weighted by molar-refractivity contribution is 5.68. The van der Waals surface area contributed by atoms with Crippen LogP contribution in [0.4, 0.5) is 4.79 Å². The van der Waals surface area contributed by atoms with Gasteiger partial charge in [-0.3, -0.25) is 4.98 Å². The van der Waals surface area contributed by atoms with Crippen molar-refractivity contribution in [3.8, 4) is 40.3 Å². The first-order valence-corrected chi connectivity index (χ1v) is 11.8. The molecular weight excluding hydrogens is 468 g/mol. The number of aryl methyl sites for hydroxylation is 1. The maximum Gasteiger partial charge on any atom is 0.407 e. The number of rotatable bonds is 7. The molecule has 0 radical (unpaired) electrons. The minimum atomic E-state index is -0.541. The lowest BCUT2D eigenvalue weighted by atomic mass is 10.1. The van der Waals surface area contributed by atoms with E-state index < -0.39 is 11.7 Å². The highest BCUT2D eigenvalue weighted by Crippen LogP contribution is 2.32. The first-order chi connectivity index (χ1) is 17.7. The number of hydrogen-bond acceptors (Lipinski definition) is 7. The topological polar surface area (TPSA) is 115 Å². The average Bonchev–Trinajstić information content (AvgIpc) is 3.24. The van der Waals surface area contributed by atoms with Crippen LogP contribution < -0.4 is 10.1 Å². The molecule has 188 valence electrons. The summed E-state index contributed by atoms with van der Waals surface area (Å²) < 4.78 is 13.0. The SMILES string of the molecule is Cn1nc(-c2ccccc2)cc1Oc1nc(C#N)ccc1-c1ccc(CCNC(=O)OC(C)(C)C)cn1. The van der Waals surface area contributed by atoms with Gasteiger partial charge in [0, 0.05) is 31.4 Å². The van der Waals surface area contributed by atoms with Crippen LogP contribution in [-0.4, -0.2) is 38.0 Å². The molecule has 0 bridgehead atoms. The lowest BCUT2D eigenvalue weighted by Crippen LogP contribution is -2.33. The number of alkyl carbamates (subject to hydrolysis) is 1. The number of amides is 1. The summed E-state index contributed by atoms with van der Waals surface area (Å²) in [5, 5.41) is 16.7. The molecule has 0 unspecified atom stereocenters. The van der Waals surface area contributed by atoms with Crippen molar-refractivity contribution in [2.75, 3.05) is 6.54 Å². The third-order valence-electron chi connectivity index (χ3n) is 5.27. The van der Waals surface area contributed by atoms with E-state index in [0.717, 1.165) is 16.8 Å². The zero-order valence-corrected chi connectivity index (χ0v) is 21.2. The number of nitrogens with zero attached hydrogens (tertiary/aromatic N) is 5. The van der Waals surface area contributed by atoms with Gasteiger partial charge in [0.05, 0.1) is 17.0 Å². The Morgan fingerprint density at radius 3 is 2.54 bits per heavy atom. The van der Waals surface area contributed by atoms with E-state index in [1.165, 1.54) is 0 Å². The van der Waals surface area contributed by atoms with Crippen molar-refractivity contribution in [2.24, 2.45) is 7.05 Å². The predicted octanol–water partition coefficient (Wildman–Crippen LogP) is 5.28. The Morgan fingerprint density at radius 1 is 1.08 bits per heavy atom. The zero-order chi connectivity index (χ0) is 26.4. The quantitative estimate of drug-likeness (QED) is 0.370. The average molecular weight is 497 g/mol. The van der Waals surface area contributed by atoms with Gasteiger partial charge in [-0.15, -0.1) is 0 Å². The number of carbonyl (C=O) groups excluding carboxylic acids is 1. The van der Waals surface area contributed by atoms with Crippen LogP contribution in [0.25, 0.3) is 22.5 Å². The lowest BCUT2D eigenvalue weighted by molar-refractivity contribution is 0.0528.